The molecule has 1 aliphatic rings. The molecular formula is C12H18F3N3O2S. The van der Waals surface area contributed by atoms with Gasteiger partial charge in [0.25, 0.3) is 0 Å². The third-order valence-electron chi connectivity index (χ3n) is 3.79. The van der Waals surface area contributed by atoms with E-state index in [1.807, 2.05) is 0 Å². The molecule has 1 saturated carbocycles. The number of aromatic nitrogens is 2. The summed E-state index contributed by atoms with van der Waals surface area (Å²) in [5.41, 5.74) is 0.686. The van der Waals surface area contributed by atoms with E-state index in [4.69, 9.17) is 0 Å². The molecule has 2 unspecified atom stereocenters. The highest BCUT2D eigenvalue weighted by Crippen LogP contribution is 2.37. The molecule has 1 aromatic rings. The first-order valence-corrected chi connectivity index (χ1v) is 8.20. The molecule has 0 amide bonds. The predicted octanol–water partition coefficient (Wildman–Crippen LogP) is 2.43. The van der Waals surface area contributed by atoms with Crippen molar-refractivity contribution in [2.45, 2.75) is 56.6 Å². The lowest BCUT2D eigenvalue weighted by molar-refractivity contribution is -0.183. The molecule has 0 aromatic carbocycles. The summed E-state index contributed by atoms with van der Waals surface area (Å²) in [6, 6.07) is -0.691. The summed E-state index contributed by atoms with van der Waals surface area (Å²) in [6.07, 6.45) is -3.64. The van der Waals surface area contributed by atoms with E-state index in [9.17, 15) is 21.6 Å². The summed E-state index contributed by atoms with van der Waals surface area (Å²) in [5.74, 6) is -1.44. The van der Waals surface area contributed by atoms with Crippen molar-refractivity contribution in [2.24, 2.45) is 5.92 Å². The lowest BCUT2D eigenvalue weighted by atomic mass is 9.86. The van der Waals surface area contributed by atoms with E-state index >= 15 is 0 Å². The number of aryl methyl sites for hydroxylation is 2. The minimum absolute atomic E-state index is 0.0247. The average Bonchev–Trinajstić information content (AvgIpc) is 2.68. The number of halogens is 3. The van der Waals surface area contributed by atoms with Crippen LogP contribution in [0.4, 0.5) is 13.2 Å². The highest BCUT2D eigenvalue weighted by atomic mass is 32.2. The molecule has 2 rings (SSSR count). The molecule has 120 valence electrons. The van der Waals surface area contributed by atoms with E-state index in [1.54, 1.807) is 6.92 Å². The normalized spacial score (nSPS) is 24.2. The third kappa shape index (κ3) is 3.57. The van der Waals surface area contributed by atoms with Crippen LogP contribution in [-0.2, 0) is 10.0 Å². The van der Waals surface area contributed by atoms with Crippen molar-refractivity contribution < 1.29 is 21.6 Å². The van der Waals surface area contributed by atoms with Crippen LogP contribution in [0.5, 0.6) is 0 Å². The molecule has 0 bridgehead atoms. The molecule has 9 heteroatoms. The minimum atomic E-state index is -4.27. The minimum Gasteiger partial charge on any atom is -0.281 e. The Hall–Kier alpha value is -1.09. The van der Waals surface area contributed by atoms with Crippen LogP contribution in [-0.4, -0.2) is 30.8 Å². The summed E-state index contributed by atoms with van der Waals surface area (Å²) in [6.45, 7) is 3.10. The van der Waals surface area contributed by atoms with Gasteiger partial charge in [-0.1, -0.05) is 6.42 Å². The van der Waals surface area contributed by atoms with Gasteiger partial charge in [0.15, 0.2) is 0 Å². The van der Waals surface area contributed by atoms with E-state index in [-0.39, 0.29) is 17.7 Å². The summed E-state index contributed by atoms with van der Waals surface area (Å²) in [5, 5.41) is 6.37. The van der Waals surface area contributed by atoms with Crippen molar-refractivity contribution in [3.05, 3.63) is 11.4 Å². The Kier molecular flexibility index (Phi) is 4.34. The van der Waals surface area contributed by atoms with Gasteiger partial charge in [-0.3, -0.25) is 5.10 Å². The molecule has 1 fully saturated rings. The summed E-state index contributed by atoms with van der Waals surface area (Å²) in [4.78, 5) is 0.0247. The maximum absolute atomic E-state index is 12.8. The van der Waals surface area contributed by atoms with Gasteiger partial charge in [0.1, 0.15) is 4.90 Å². The largest absolute Gasteiger partial charge is 0.391 e. The van der Waals surface area contributed by atoms with Gasteiger partial charge in [0, 0.05) is 6.04 Å². The van der Waals surface area contributed by atoms with Gasteiger partial charge in [-0.05, 0) is 33.1 Å². The number of hydrogen-bond acceptors (Lipinski definition) is 3. The standard InChI is InChI=1S/C12H18F3N3O2S/c1-7-11(8(2)17-16-7)21(19,20)18-10-5-3-4-9(6-10)12(13,14)15/h9-10,18H,3-6H2,1-2H3,(H,16,17). The Bertz CT molecular complexity index is 590. The molecule has 0 aliphatic heterocycles. The molecule has 0 spiro atoms. The molecule has 2 atom stereocenters. The lowest BCUT2D eigenvalue weighted by Gasteiger charge is -2.30. The smallest absolute Gasteiger partial charge is 0.281 e. The van der Waals surface area contributed by atoms with Crippen molar-refractivity contribution in [2.75, 3.05) is 0 Å². The quantitative estimate of drug-likeness (QED) is 0.896. The maximum Gasteiger partial charge on any atom is 0.391 e. The van der Waals surface area contributed by atoms with Gasteiger partial charge in [-0.25, -0.2) is 13.1 Å². The maximum atomic E-state index is 12.8. The summed E-state index contributed by atoms with van der Waals surface area (Å²) < 4.78 is 65.3. The number of sulfonamides is 1. The highest BCUT2D eigenvalue weighted by molar-refractivity contribution is 7.89. The zero-order valence-corrected chi connectivity index (χ0v) is 12.6. The molecule has 0 saturated heterocycles. The Morgan fingerprint density at radius 3 is 2.48 bits per heavy atom. The van der Waals surface area contributed by atoms with Gasteiger partial charge in [0.2, 0.25) is 10.0 Å². The molecular weight excluding hydrogens is 307 g/mol. The monoisotopic (exact) mass is 325 g/mol. The molecule has 21 heavy (non-hydrogen) atoms. The number of rotatable bonds is 3. The van der Waals surface area contributed by atoms with E-state index in [0.717, 1.165) is 0 Å². The van der Waals surface area contributed by atoms with Crippen molar-refractivity contribution in [3.8, 4) is 0 Å². The van der Waals surface area contributed by atoms with Gasteiger partial charge < -0.3 is 0 Å². The summed E-state index contributed by atoms with van der Waals surface area (Å²) in [7, 11) is -3.86. The number of nitrogens with one attached hydrogen (secondary N) is 2. The SMILES string of the molecule is Cc1n[nH]c(C)c1S(=O)(=O)NC1CCCC(C(F)(F)F)C1. The fourth-order valence-electron chi connectivity index (χ4n) is 2.81. The van der Waals surface area contributed by atoms with Crippen molar-refractivity contribution in [3.63, 3.8) is 0 Å². The van der Waals surface area contributed by atoms with Crippen LogP contribution in [0.1, 0.15) is 37.1 Å². The van der Waals surface area contributed by atoms with Gasteiger partial charge in [-0.2, -0.15) is 18.3 Å². The Morgan fingerprint density at radius 2 is 1.95 bits per heavy atom. The molecule has 2 N–H and O–H groups in total. The molecule has 1 aromatic heterocycles. The lowest BCUT2D eigenvalue weighted by Crippen LogP contribution is -2.41. The second kappa shape index (κ2) is 5.60. The first-order chi connectivity index (χ1) is 9.61. The van der Waals surface area contributed by atoms with E-state index < -0.39 is 28.2 Å². The van der Waals surface area contributed by atoms with Gasteiger partial charge >= 0.3 is 6.18 Å². The van der Waals surface area contributed by atoms with Crippen LogP contribution < -0.4 is 4.72 Å². The topological polar surface area (TPSA) is 74.8 Å². The number of nitrogens with zero attached hydrogens (tertiary/aromatic N) is 1. The predicted molar refractivity (Wildman–Crippen MR) is 70.2 cm³/mol. The van der Waals surface area contributed by atoms with Crippen LogP contribution in [0, 0.1) is 19.8 Å². The van der Waals surface area contributed by atoms with Gasteiger partial charge in [0.05, 0.1) is 17.3 Å². The zero-order chi connectivity index (χ0) is 15.8. The Labute approximate surface area is 121 Å². The number of alkyl halides is 3. The Morgan fingerprint density at radius 1 is 1.29 bits per heavy atom. The van der Waals surface area contributed by atoms with Crippen LogP contribution in [0.15, 0.2) is 4.90 Å². The van der Waals surface area contributed by atoms with Gasteiger partial charge in [-0.15, -0.1) is 0 Å². The number of H-pyrrole nitrogens is 1. The van der Waals surface area contributed by atoms with Crippen molar-refractivity contribution >= 4 is 10.0 Å². The third-order valence-corrected chi connectivity index (χ3v) is 5.57. The van der Waals surface area contributed by atoms with Crippen LogP contribution >= 0.6 is 0 Å². The van der Waals surface area contributed by atoms with Crippen LogP contribution in [0.3, 0.4) is 0 Å². The second-order valence-electron chi connectivity index (χ2n) is 5.49. The van der Waals surface area contributed by atoms with E-state index in [1.165, 1.54) is 6.92 Å². The first-order valence-electron chi connectivity index (χ1n) is 6.72. The van der Waals surface area contributed by atoms with Crippen LogP contribution in [0.25, 0.3) is 0 Å². The molecule has 1 heterocycles. The zero-order valence-electron chi connectivity index (χ0n) is 11.8. The number of hydrogen-bond donors (Lipinski definition) is 2. The van der Waals surface area contributed by atoms with Crippen molar-refractivity contribution in [1.82, 2.24) is 14.9 Å². The van der Waals surface area contributed by atoms with Crippen LogP contribution in [0.2, 0.25) is 0 Å². The van der Waals surface area contributed by atoms with Crippen molar-refractivity contribution in [1.29, 1.82) is 0 Å². The molecule has 5 nitrogen and oxygen atoms in total. The van der Waals surface area contributed by atoms with E-state index in [2.05, 4.69) is 14.9 Å². The average molecular weight is 325 g/mol. The second-order valence-corrected chi connectivity index (χ2v) is 7.14. The molecule has 0 radical (unpaired) electrons. The highest BCUT2D eigenvalue weighted by Gasteiger charge is 2.43. The first kappa shape index (κ1) is 16.3. The molecule has 1 aliphatic carbocycles. The fourth-order valence-corrected chi connectivity index (χ4v) is 4.46. The fraction of sp³-hybridized carbons (Fsp3) is 0.750. The number of aromatic amines is 1. The van der Waals surface area contributed by atoms with E-state index in [0.29, 0.717) is 24.2 Å². The Balaban J connectivity index is 2.14. The summed E-state index contributed by atoms with van der Waals surface area (Å²) >= 11 is 0.